The SMILES string of the molecule is Cc1ccsc1C1/C(=C(/O)c2ccc3c(c2)CCCC3)C(=O)C(=O)N1Cc1ccncc1. The van der Waals surface area contributed by atoms with Gasteiger partial charge in [0.1, 0.15) is 11.8 Å². The molecule has 2 aromatic heterocycles. The molecule has 1 atom stereocenters. The van der Waals surface area contributed by atoms with Crippen molar-refractivity contribution in [1.29, 1.82) is 0 Å². The normalized spacial score (nSPS) is 19.9. The predicted octanol–water partition coefficient (Wildman–Crippen LogP) is 4.95. The minimum atomic E-state index is -0.632. The van der Waals surface area contributed by atoms with Gasteiger partial charge in [-0.3, -0.25) is 14.6 Å². The molecule has 6 heteroatoms. The highest BCUT2D eigenvalue weighted by atomic mass is 32.1. The molecule has 0 saturated carbocycles. The number of aryl methyl sites for hydroxylation is 3. The van der Waals surface area contributed by atoms with Gasteiger partial charge in [-0.1, -0.05) is 12.1 Å². The molecule has 5 rings (SSSR count). The van der Waals surface area contributed by atoms with Crippen LogP contribution in [-0.2, 0) is 29.0 Å². The van der Waals surface area contributed by atoms with Crippen molar-refractivity contribution in [2.75, 3.05) is 0 Å². The molecule has 1 amide bonds. The monoisotopic (exact) mass is 444 g/mol. The Balaban J connectivity index is 1.63. The lowest BCUT2D eigenvalue weighted by Crippen LogP contribution is -2.29. The lowest BCUT2D eigenvalue weighted by atomic mass is 9.89. The molecular formula is C26H24N2O3S. The number of carbonyl (C=O) groups excluding carboxylic acids is 2. The van der Waals surface area contributed by atoms with E-state index in [1.165, 1.54) is 28.9 Å². The van der Waals surface area contributed by atoms with Crippen LogP contribution in [0.4, 0.5) is 0 Å². The number of aliphatic hydroxyl groups is 1. The fourth-order valence-electron chi connectivity index (χ4n) is 4.70. The molecular weight excluding hydrogens is 420 g/mol. The summed E-state index contributed by atoms with van der Waals surface area (Å²) in [5.74, 6) is -1.31. The van der Waals surface area contributed by atoms with Crippen LogP contribution in [0.3, 0.4) is 0 Å². The van der Waals surface area contributed by atoms with Crippen molar-refractivity contribution in [3.8, 4) is 0 Å². The molecule has 162 valence electrons. The zero-order valence-electron chi connectivity index (χ0n) is 17.9. The maximum absolute atomic E-state index is 13.2. The molecule has 1 N–H and O–H groups in total. The number of Topliss-reactive ketones (excluding diaryl/α,β-unsaturated/α-hetero) is 1. The number of likely N-dealkylation sites (tertiary alicyclic amines) is 1. The van der Waals surface area contributed by atoms with Crippen LogP contribution in [0.2, 0.25) is 0 Å². The first kappa shape index (κ1) is 20.6. The minimum absolute atomic E-state index is 0.0910. The first-order chi connectivity index (χ1) is 15.5. The Kier molecular flexibility index (Phi) is 5.39. The number of rotatable bonds is 4. The van der Waals surface area contributed by atoms with E-state index < -0.39 is 17.7 Å². The fraction of sp³-hybridized carbons (Fsp3) is 0.269. The number of aliphatic hydroxyl groups excluding tert-OH is 1. The van der Waals surface area contributed by atoms with Crippen molar-refractivity contribution in [3.05, 3.63) is 92.4 Å². The number of aromatic nitrogens is 1. The highest BCUT2D eigenvalue weighted by molar-refractivity contribution is 7.10. The maximum atomic E-state index is 13.2. The van der Waals surface area contributed by atoms with E-state index in [0.29, 0.717) is 5.56 Å². The van der Waals surface area contributed by atoms with Crippen LogP contribution < -0.4 is 0 Å². The summed E-state index contributed by atoms with van der Waals surface area (Å²) in [7, 11) is 0. The lowest BCUT2D eigenvalue weighted by Gasteiger charge is -2.25. The summed E-state index contributed by atoms with van der Waals surface area (Å²) in [5, 5.41) is 13.3. The number of benzene rings is 1. The summed E-state index contributed by atoms with van der Waals surface area (Å²) in [5.41, 5.74) is 5.18. The van der Waals surface area contributed by atoms with Gasteiger partial charge >= 0.3 is 0 Å². The third kappa shape index (κ3) is 3.54. The molecule has 0 radical (unpaired) electrons. The van der Waals surface area contributed by atoms with E-state index in [4.69, 9.17) is 0 Å². The van der Waals surface area contributed by atoms with Gasteiger partial charge in [-0.05, 0) is 84.5 Å². The van der Waals surface area contributed by atoms with Gasteiger partial charge in [0.15, 0.2) is 0 Å². The summed E-state index contributed by atoms with van der Waals surface area (Å²) in [6.07, 6.45) is 7.66. The Labute approximate surface area is 191 Å². The van der Waals surface area contributed by atoms with Gasteiger partial charge in [-0.15, -0.1) is 11.3 Å². The average molecular weight is 445 g/mol. The molecule has 1 saturated heterocycles. The zero-order valence-corrected chi connectivity index (χ0v) is 18.7. The summed E-state index contributed by atoms with van der Waals surface area (Å²) in [6.45, 7) is 2.24. The third-order valence-corrected chi connectivity index (χ3v) is 7.49. The van der Waals surface area contributed by atoms with E-state index >= 15 is 0 Å². The first-order valence-electron chi connectivity index (χ1n) is 10.9. The zero-order chi connectivity index (χ0) is 22.2. The molecule has 5 nitrogen and oxygen atoms in total. The molecule has 0 bridgehead atoms. The topological polar surface area (TPSA) is 70.5 Å². The number of ketones is 1. The predicted molar refractivity (Wildman–Crippen MR) is 124 cm³/mol. The number of hydrogen-bond donors (Lipinski definition) is 1. The molecule has 2 aliphatic rings. The van der Waals surface area contributed by atoms with E-state index in [1.54, 1.807) is 17.3 Å². The van der Waals surface area contributed by atoms with Gasteiger partial charge in [-0.2, -0.15) is 0 Å². The van der Waals surface area contributed by atoms with Gasteiger partial charge in [0.2, 0.25) is 0 Å². The average Bonchev–Trinajstić information content (AvgIpc) is 3.34. The number of amides is 1. The second kappa shape index (κ2) is 8.36. The molecule has 1 unspecified atom stereocenters. The molecule has 3 aromatic rings. The fourth-order valence-corrected chi connectivity index (χ4v) is 5.75. The van der Waals surface area contributed by atoms with Crippen molar-refractivity contribution in [2.24, 2.45) is 0 Å². The number of fused-ring (bicyclic) bond motifs is 1. The van der Waals surface area contributed by atoms with E-state index in [1.807, 2.05) is 48.7 Å². The van der Waals surface area contributed by atoms with Gasteiger partial charge in [-0.25, -0.2) is 0 Å². The molecule has 1 fully saturated rings. The molecule has 1 aliphatic carbocycles. The van der Waals surface area contributed by atoms with Crippen LogP contribution >= 0.6 is 11.3 Å². The van der Waals surface area contributed by atoms with E-state index in [0.717, 1.165) is 35.3 Å². The highest BCUT2D eigenvalue weighted by Gasteiger charge is 2.47. The van der Waals surface area contributed by atoms with E-state index in [-0.39, 0.29) is 17.9 Å². The Hall–Kier alpha value is -3.25. The van der Waals surface area contributed by atoms with Crippen molar-refractivity contribution >= 4 is 28.8 Å². The minimum Gasteiger partial charge on any atom is -0.507 e. The van der Waals surface area contributed by atoms with Crippen LogP contribution in [0.1, 0.15) is 51.6 Å². The van der Waals surface area contributed by atoms with E-state index in [2.05, 4.69) is 4.98 Å². The first-order valence-corrected chi connectivity index (χ1v) is 11.8. The van der Waals surface area contributed by atoms with Gasteiger partial charge < -0.3 is 10.0 Å². The van der Waals surface area contributed by atoms with Crippen molar-refractivity contribution in [1.82, 2.24) is 9.88 Å². The van der Waals surface area contributed by atoms with Gasteiger partial charge in [0.25, 0.3) is 11.7 Å². The molecule has 3 heterocycles. The summed E-state index contributed by atoms with van der Waals surface area (Å²) >= 11 is 1.50. The number of thiophene rings is 1. The Morgan fingerprint density at radius 3 is 2.56 bits per heavy atom. The Morgan fingerprint density at radius 2 is 1.84 bits per heavy atom. The highest BCUT2D eigenvalue weighted by Crippen LogP contribution is 2.43. The second-order valence-corrected chi connectivity index (χ2v) is 9.39. The number of carbonyl (C=O) groups is 2. The summed E-state index contributed by atoms with van der Waals surface area (Å²) in [6, 6.07) is 10.9. The number of hydrogen-bond acceptors (Lipinski definition) is 5. The third-order valence-electron chi connectivity index (χ3n) is 6.41. The van der Waals surface area contributed by atoms with Crippen molar-refractivity contribution < 1.29 is 14.7 Å². The number of nitrogens with zero attached hydrogens (tertiary/aromatic N) is 2. The number of pyridine rings is 1. The standard InChI is InChI=1S/C26H24N2O3S/c1-16-10-13-32-25(16)22-21(23(29)20-7-6-18-4-2-3-5-19(18)14-20)24(30)26(31)28(22)15-17-8-11-27-12-9-17/h6-14,22,29H,2-5,15H2,1H3/b23-21-. The largest absolute Gasteiger partial charge is 0.507 e. The lowest BCUT2D eigenvalue weighted by molar-refractivity contribution is -0.140. The maximum Gasteiger partial charge on any atom is 0.295 e. The second-order valence-electron chi connectivity index (χ2n) is 8.44. The Morgan fingerprint density at radius 1 is 1.09 bits per heavy atom. The van der Waals surface area contributed by atoms with Gasteiger partial charge in [0, 0.05) is 29.4 Å². The van der Waals surface area contributed by atoms with Crippen LogP contribution in [0.25, 0.3) is 5.76 Å². The molecule has 1 aromatic carbocycles. The molecule has 1 aliphatic heterocycles. The summed E-state index contributed by atoms with van der Waals surface area (Å²) in [4.78, 5) is 32.8. The van der Waals surface area contributed by atoms with Crippen LogP contribution in [0.15, 0.2) is 59.7 Å². The van der Waals surface area contributed by atoms with E-state index in [9.17, 15) is 14.7 Å². The molecule has 0 spiro atoms. The van der Waals surface area contributed by atoms with Crippen LogP contribution in [0, 0.1) is 6.92 Å². The van der Waals surface area contributed by atoms with Crippen molar-refractivity contribution in [3.63, 3.8) is 0 Å². The van der Waals surface area contributed by atoms with Crippen LogP contribution in [0.5, 0.6) is 0 Å². The van der Waals surface area contributed by atoms with Gasteiger partial charge in [0.05, 0.1) is 5.57 Å². The quantitative estimate of drug-likeness (QED) is 0.351. The van der Waals surface area contributed by atoms with Crippen molar-refractivity contribution in [2.45, 2.75) is 45.2 Å². The Bertz CT molecular complexity index is 1230. The van der Waals surface area contributed by atoms with Crippen LogP contribution in [-0.4, -0.2) is 26.7 Å². The molecule has 32 heavy (non-hydrogen) atoms. The smallest absolute Gasteiger partial charge is 0.295 e. The summed E-state index contributed by atoms with van der Waals surface area (Å²) < 4.78 is 0.